The number of Topliss-reactive ketones (excluding diaryl/α,β-unsaturated/α-hetero) is 1. The van der Waals surface area contributed by atoms with Gasteiger partial charge in [-0.25, -0.2) is 0 Å². The number of nitro groups is 1. The first kappa shape index (κ1) is 18.8. The number of carbonyl (C=O) groups excluding carboxylic acids is 1. The smallest absolute Gasteiger partial charge is 0.287 e. The molecule has 0 bridgehead atoms. The first-order valence-corrected chi connectivity index (χ1v) is 10.5. The molecule has 0 aliphatic carbocycles. The second-order valence-corrected chi connectivity index (χ2v) is 9.35. The molecule has 0 amide bonds. The van der Waals surface area contributed by atoms with Gasteiger partial charge in [0.1, 0.15) is 0 Å². The van der Waals surface area contributed by atoms with Gasteiger partial charge in [-0.15, -0.1) is 0 Å². The fraction of sp³-hybridized carbons (Fsp3) is 0.0909. The molecule has 3 rings (SSSR count). The zero-order valence-electron chi connectivity index (χ0n) is 15.0. The molecule has 27 heavy (non-hydrogen) atoms. The summed E-state index contributed by atoms with van der Waals surface area (Å²) >= 11 is 0. The summed E-state index contributed by atoms with van der Waals surface area (Å²) in [6, 6.07) is 28.2. The number of rotatable bonds is 6. The average molecular weight is 377 g/mol. The van der Waals surface area contributed by atoms with Crippen molar-refractivity contribution < 1.29 is 9.72 Å². The molecule has 0 atom stereocenters. The van der Waals surface area contributed by atoms with E-state index in [0.717, 1.165) is 15.9 Å². The number of ketones is 1. The lowest BCUT2D eigenvalue weighted by molar-refractivity contribution is -0.344. The van der Waals surface area contributed by atoms with E-state index in [2.05, 4.69) is 0 Å². The molecule has 3 aromatic rings. The summed E-state index contributed by atoms with van der Waals surface area (Å²) in [5, 5.41) is 14.6. The van der Waals surface area contributed by atoms with Crippen molar-refractivity contribution in [3.63, 3.8) is 0 Å². The summed E-state index contributed by atoms with van der Waals surface area (Å²) < 4.78 is 0. The summed E-state index contributed by atoms with van der Waals surface area (Å²) in [4.78, 5) is 24.6. The molecule has 0 aliphatic rings. The molecule has 0 radical (unpaired) electrons. The van der Waals surface area contributed by atoms with E-state index >= 15 is 0 Å². The van der Waals surface area contributed by atoms with Crippen LogP contribution in [0.25, 0.3) is 0 Å². The summed E-state index contributed by atoms with van der Waals surface area (Å²) in [5.41, 5.74) is -0.214. The molecule has 0 aliphatic heterocycles. The molecular weight excluding hydrogens is 357 g/mol. The molecule has 3 aromatic carbocycles. The highest BCUT2D eigenvalue weighted by Crippen LogP contribution is 2.46. The van der Waals surface area contributed by atoms with Crippen molar-refractivity contribution in [1.82, 2.24) is 0 Å². The third kappa shape index (κ3) is 3.36. The van der Waals surface area contributed by atoms with E-state index < -0.39 is 17.6 Å². The molecule has 0 spiro atoms. The quantitative estimate of drug-likeness (QED) is 0.376. The van der Waals surface area contributed by atoms with Crippen LogP contribution in [0.4, 0.5) is 0 Å². The monoisotopic (exact) mass is 377 g/mol. The van der Waals surface area contributed by atoms with Gasteiger partial charge in [0.25, 0.3) is 0 Å². The Kier molecular flexibility index (Phi) is 5.68. The standard InChI is InChI=1S/C22H20NO3P/c1-2-21(24)22(23(25)26)27(18-12-6-3-7-13-18,19-14-8-4-9-15-19)20-16-10-5-11-17-20/h3-17H,2H2,1H3. The van der Waals surface area contributed by atoms with Gasteiger partial charge in [0, 0.05) is 6.42 Å². The van der Waals surface area contributed by atoms with Gasteiger partial charge in [-0.3, -0.25) is 14.9 Å². The van der Waals surface area contributed by atoms with Crippen molar-refractivity contribution in [2.45, 2.75) is 13.3 Å². The lowest BCUT2D eigenvalue weighted by Crippen LogP contribution is -2.37. The van der Waals surface area contributed by atoms with Crippen molar-refractivity contribution >= 4 is 34.0 Å². The number of carbonyl (C=O) groups is 1. The highest BCUT2D eigenvalue weighted by atomic mass is 31.2. The average Bonchev–Trinajstić information content (AvgIpc) is 2.73. The van der Waals surface area contributed by atoms with Gasteiger partial charge < -0.3 is 0 Å². The Bertz CT molecular complexity index is 896. The van der Waals surface area contributed by atoms with Crippen LogP contribution in [-0.4, -0.2) is 16.1 Å². The molecule has 4 nitrogen and oxygen atoms in total. The predicted octanol–water partition coefficient (Wildman–Crippen LogP) is 3.37. The van der Waals surface area contributed by atoms with Gasteiger partial charge in [0.15, 0.2) is 0 Å². The zero-order chi connectivity index (χ0) is 19.3. The molecule has 0 N–H and O–H groups in total. The largest absolute Gasteiger partial charge is 0.315 e. The lowest BCUT2D eigenvalue weighted by Gasteiger charge is -2.27. The van der Waals surface area contributed by atoms with Gasteiger partial charge in [-0.1, -0.05) is 97.9 Å². The first-order chi connectivity index (χ1) is 13.1. The number of hydrogen-bond donors (Lipinski definition) is 0. The molecule has 0 fully saturated rings. The van der Waals surface area contributed by atoms with E-state index in [4.69, 9.17) is 0 Å². The SMILES string of the molecule is CCC(=O)C([N+](=O)[O-])=P(c1ccccc1)(c1ccccc1)c1ccccc1. The Hall–Kier alpha value is -2.97. The number of benzene rings is 3. The van der Waals surface area contributed by atoms with E-state index in [9.17, 15) is 14.9 Å². The summed E-state index contributed by atoms with van der Waals surface area (Å²) in [6.07, 6.45) is 0.0879. The second kappa shape index (κ2) is 8.15. The van der Waals surface area contributed by atoms with Crippen LogP contribution in [0, 0.1) is 10.1 Å². The van der Waals surface area contributed by atoms with Crippen LogP contribution >= 0.6 is 6.89 Å². The minimum absolute atomic E-state index is 0.0879. The maximum atomic E-state index is 12.9. The number of hydrogen-bond acceptors (Lipinski definition) is 3. The molecular formula is C22H20NO3P. The van der Waals surface area contributed by atoms with E-state index in [1.165, 1.54) is 0 Å². The van der Waals surface area contributed by atoms with Crippen LogP contribution in [0.2, 0.25) is 0 Å². The van der Waals surface area contributed by atoms with E-state index in [-0.39, 0.29) is 11.8 Å². The minimum Gasteiger partial charge on any atom is -0.287 e. The van der Waals surface area contributed by atoms with Gasteiger partial charge in [-0.05, 0) is 15.9 Å². The molecule has 0 unspecified atom stereocenters. The topological polar surface area (TPSA) is 60.2 Å². The van der Waals surface area contributed by atoms with Crippen LogP contribution < -0.4 is 15.9 Å². The van der Waals surface area contributed by atoms with Crippen molar-refractivity contribution in [2.75, 3.05) is 0 Å². The molecule has 0 saturated carbocycles. The molecule has 136 valence electrons. The van der Waals surface area contributed by atoms with Gasteiger partial charge >= 0.3 is 5.42 Å². The summed E-state index contributed by atoms with van der Waals surface area (Å²) in [5.74, 6) is -0.426. The van der Waals surface area contributed by atoms with Crippen molar-refractivity contribution in [3.05, 3.63) is 101 Å². The number of nitrogens with zero attached hydrogens (tertiary/aromatic N) is 1. The second-order valence-electron chi connectivity index (χ2n) is 6.03. The Morgan fingerprint density at radius 3 is 1.37 bits per heavy atom. The third-order valence-corrected chi connectivity index (χ3v) is 8.76. The van der Waals surface area contributed by atoms with E-state index in [1.807, 2.05) is 91.0 Å². The van der Waals surface area contributed by atoms with Crippen LogP contribution in [0.15, 0.2) is 91.0 Å². The molecule has 0 heterocycles. The van der Waals surface area contributed by atoms with E-state index in [0.29, 0.717) is 0 Å². The maximum Gasteiger partial charge on any atom is 0.315 e. The van der Waals surface area contributed by atoms with Crippen molar-refractivity contribution in [3.8, 4) is 0 Å². The Balaban J connectivity index is 2.63. The molecule has 0 saturated heterocycles. The third-order valence-electron chi connectivity index (χ3n) is 4.49. The maximum absolute atomic E-state index is 12.9. The van der Waals surface area contributed by atoms with Crippen LogP contribution in [0.3, 0.4) is 0 Å². The van der Waals surface area contributed by atoms with Crippen molar-refractivity contribution in [2.24, 2.45) is 0 Å². The van der Waals surface area contributed by atoms with Gasteiger partial charge in [0.05, 0.1) is 11.8 Å². The van der Waals surface area contributed by atoms with Gasteiger partial charge in [0.2, 0.25) is 5.78 Å². The summed E-state index contributed by atoms with van der Waals surface area (Å²) in [7, 11) is 0. The van der Waals surface area contributed by atoms with Gasteiger partial charge in [-0.2, -0.15) is 0 Å². The van der Waals surface area contributed by atoms with E-state index in [1.54, 1.807) is 6.92 Å². The minimum atomic E-state index is -2.92. The highest BCUT2D eigenvalue weighted by Gasteiger charge is 2.40. The first-order valence-electron chi connectivity index (χ1n) is 8.73. The Labute approximate surface area is 158 Å². The fourth-order valence-electron chi connectivity index (χ4n) is 3.34. The Morgan fingerprint density at radius 1 is 0.778 bits per heavy atom. The molecule has 0 aromatic heterocycles. The fourth-order valence-corrected chi connectivity index (χ4v) is 7.60. The predicted molar refractivity (Wildman–Crippen MR) is 112 cm³/mol. The van der Waals surface area contributed by atoms with Crippen LogP contribution in [0.1, 0.15) is 13.3 Å². The highest BCUT2D eigenvalue weighted by molar-refractivity contribution is 7.96. The Morgan fingerprint density at radius 2 is 1.11 bits per heavy atom. The van der Waals surface area contributed by atoms with Crippen LogP contribution in [0.5, 0.6) is 0 Å². The lowest BCUT2D eigenvalue weighted by atomic mass is 10.3. The van der Waals surface area contributed by atoms with Crippen LogP contribution in [-0.2, 0) is 4.79 Å². The van der Waals surface area contributed by atoms with Crippen molar-refractivity contribution in [1.29, 1.82) is 0 Å². The normalized spacial score (nSPS) is 11.0. The zero-order valence-corrected chi connectivity index (χ0v) is 15.9. The summed E-state index contributed by atoms with van der Waals surface area (Å²) in [6.45, 7) is -1.26. The molecule has 5 heteroatoms.